The number of nitrogens with zero attached hydrogens (tertiary/aromatic N) is 3. The summed E-state index contributed by atoms with van der Waals surface area (Å²) in [7, 11) is -3.52. The van der Waals surface area contributed by atoms with E-state index in [1.165, 1.54) is 16.4 Å². The average molecular weight is 404 g/mol. The van der Waals surface area contributed by atoms with Gasteiger partial charge in [0.25, 0.3) is 5.91 Å². The maximum absolute atomic E-state index is 12.6. The predicted molar refractivity (Wildman–Crippen MR) is 106 cm³/mol. The summed E-state index contributed by atoms with van der Waals surface area (Å²) in [6.07, 6.45) is -0.0828. The summed E-state index contributed by atoms with van der Waals surface area (Å²) in [5.41, 5.74) is 1.34. The molecule has 0 atom stereocenters. The summed E-state index contributed by atoms with van der Waals surface area (Å²) in [4.78, 5) is 18.8. The summed E-state index contributed by atoms with van der Waals surface area (Å²) in [6.45, 7) is 7.27. The van der Waals surface area contributed by atoms with Crippen molar-refractivity contribution in [1.82, 2.24) is 14.2 Å². The summed E-state index contributed by atoms with van der Waals surface area (Å²) >= 11 is 0. The van der Waals surface area contributed by atoms with Crippen LogP contribution >= 0.6 is 0 Å². The van der Waals surface area contributed by atoms with Crippen LogP contribution < -0.4 is 4.74 Å². The molecule has 0 spiro atoms. The van der Waals surface area contributed by atoms with Gasteiger partial charge in [0.1, 0.15) is 6.10 Å². The minimum Gasteiger partial charge on any atom is -0.471 e. The Balaban J connectivity index is 1.60. The molecule has 7 nitrogen and oxygen atoms in total. The first-order valence-electron chi connectivity index (χ1n) is 9.35. The number of likely N-dealkylation sites (tertiary alicyclic amines) is 1. The van der Waals surface area contributed by atoms with Crippen LogP contribution in [0.3, 0.4) is 0 Å². The fourth-order valence-corrected chi connectivity index (χ4v) is 4.56. The minimum atomic E-state index is -3.52. The second kappa shape index (κ2) is 8.28. The lowest BCUT2D eigenvalue weighted by Gasteiger charge is -2.38. The molecule has 150 valence electrons. The number of hydrogen-bond donors (Lipinski definition) is 0. The zero-order valence-electron chi connectivity index (χ0n) is 16.3. The average Bonchev–Trinajstić information content (AvgIpc) is 2.65. The summed E-state index contributed by atoms with van der Waals surface area (Å²) in [5.74, 6) is 0.423. The van der Waals surface area contributed by atoms with Crippen molar-refractivity contribution >= 4 is 15.9 Å². The van der Waals surface area contributed by atoms with E-state index in [1.54, 1.807) is 36.9 Å². The third-order valence-corrected chi connectivity index (χ3v) is 6.79. The largest absolute Gasteiger partial charge is 0.471 e. The Morgan fingerprint density at radius 1 is 1.14 bits per heavy atom. The van der Waals surface area contributed by atoms with E-state index in [9.17, 15) is 13.2 Å². The van der Waals surface area contributed by atoms with Gasteiger partial charge in [0, 0.05) is 30.4 Å². The van der Waals surface area contributed by atoms with Crippen molar-refractivity contribution in [2.45, 2.75) is 31.8 Å². The molecule has 0 bridgehead atoms. The number of carbonyl (C=O) groups is 1. The molecule has 1 fully saturated rings. The van der Waals surface area contributed by atoms with Crippen molar-refractivity contribution < 1.29 is 17.9 Å². The first-order valence-corrected chi connectivity index (χ1v) is 10.8. The SMILES string of the molecule is CCN(CC)S(=O)(=O)c1ccc(C(=O)N2CC(Oc3cccc(C)n3)C2)cc1. The van der Waals surface area contributed by atoms with Crippen LogP contribution in [-0.2, 0) is 10.0 Å². The van der Waals surface area contributed by atoms with Crippen molar-refractivity contribution in [1.29, 1.82) is 0 Å². The first-order chi connectivity index (χ1) is 13.3. The molecule has 2 aromatic rings. The number of sulfonamides is 1. The Bertz CT molecular complexity index is 934. The fraction of sp³-hybridized carbons (Fsp3) is 0.400. The van der Waals surface area contributed by atoms with Gasteiger partial charge in [0.15, 0.2) is 0 Å². The zero-order chi connectivity index (χ0) is 20.3. The monoisotopic (exact) mass is 403 g/mol. The molecule has 0 unspecified atom stereocenters. The standard InChI is InChI=1S/C20H25N3O4S/c1-4-23(5-2)28(25,26)18-11-9-16(10-12-18)20(24)22-13-17(14-22)27-19-8-6-7-15(3)21-19/h6-12,17H,4-5,13-14H2,1-3H3. The number of hydrogen-bond acceptors (Lipinski definition) is 5. The third-order valence-electron chi connectivity index (χ3n) is 4.73. The highest BCUT2D eigenvalue weighted by Gasteiger charge is 2.33. The number of aromatic nitrogens is 1. The number of pyridine rings is 1. The quantitative estimate of drug-likeness (QED) is 0.709. The van der Waals surface area contributed by atoms with E-state index >= 15 is 0 Å². The number of rotatable bonds is 7. The molecule has 0 radical (unpaired) electrons. The molecular formula is C20H25N3O4S. The Kier molecular flexibility index (Phi) is 6.00. The Labute approximate surface area is 166 Å². The fourth-order valence-electron chi connectivity index (χ4n) is 3.10. The molecule has 1 saturated heterocycles. The Hall–Kier alpha value is -2.45. The van der Waals surface area contributed by atoms with Crippen molar-refractivity contribution in [3.63, 3.8) is 0 Å². The number of aryl methyl sites for hydroxylation is 1. The molecule has 28 heavy (non-hydrogen) atoms. The molecular weight excluding hydrogens is 378 g/mol. The Morgan fingerprint density at radius 2 is 1.79 bits per heavy atom. The van der Waals surface area contributed by atoms with E-state index in [2.05, 4.69) is 4.98 Å². The van der Waals surface area contributed by atoms with Crippen molar-refractivity contribution in [2.24, 2.45) is 0 Å². The molecule has 1 aliphatic rings. The van der Waals surface area contributed by atoms with E-state index in [0.29, 0.717) is 37.6 Å². The summed E-state index contributed by atoms with van der Waals surface area (Å²) in [6, 6.07) is 11.7. The van der Waals surface area contributed by atoms with Crippen LogP contribution in [0.25, 0.3) is 0 Å². The molecule has 2 heterocycles. The second-order valence-corrected chi connectivity index (χ2v) is 8.62. The van der Waals surface area contributed by atoms with E-state index < -0.39 is 10.0 Å². The van der Waals surface area contributed by atoms with Gasteiger partial charge in [-0.25, -0.2) is 13.4 Å². The highest BCUT2D eigenvalue weighted by Crippen LogP contribution is 2.21. The Morgan fingerprint density at radius 3 is 2.36 bits per heavy atom. The number of ether oxygens (including phenoxy) is 1. The van der Waals surface area contributed by atoms with Gasteiger partial charge in [-0.05, 0) is 37.3 Å². The second-order valence-electron chi connectivity index (χ2n) is 6.68. The van der Waals surface area contributed by atoms with E-state index in [4.69, 9.17) is 4.74 Å². The molecule has 1 amide bonds. The van der Waals surface area contributed by atoms with Crippen LogP contribution in [0.2, 0.25) is 0 Å². The van der Waals surface area contributed by atoms with Crippen LogP contribution in [0.1, 0.15) is 29.9 Å². The predicted octanol–water partition coefficient (Wildman–Crippen LogP) is 2.32. The van der Waals surface area contributed by atoms with Crippen molar-refractivity contribution in [3.8, 4) is 5.88 Å². The van der Waals surface area contributed by atoms with Gasteiger partial charge >= 0.3 is 0 Å². The van der Waals surface area contributed by atoms with E-state index in [0.717, 1.165) is 5.69 Å². The van der Waals surface area contributed by atoms with Gasteiger partial charge in [-0.1, -0.05) is 19.9 Å². The molecule has 3 rings (SSSR count). The van der Waals surface area contributed by atoms with Crippen molar-refractivity contribution in [2.75, 3.05) is 26.2 Å². The van der Waals surface area contributed by atoms with E-state index in [-0.39, 0.29) is 16.9 Å². The van der Waals surface area contributed by atoms with Crippen LogP contribution in [0.4, 0.5) is 0 Å². The normalized spacial score (nSPS) is 14.8. The molecule has 8 heteroatoms. The van der Waals surface area contributed by atoms with Gasteiger partial charge in [0.2, 0.25) is 15.9 Å². The molecule has 0 N–H and O–H groups in total. The maximum atomic E-state index is 12.6. The smallest absolute Gasteiger partial charge is 0.254 e. The molecule has 1 aromatic carbocycles. The van der Waals surface area contributed by atoms with Gasteiger partial charge in [-0.2, -0.15) is 4.31 Å². The van der Waals surface area contributed by atoms with Crippen LogP contribution in [0.15, 0.2) is 47.4 Å². The van der Waals surface area contributed by atoms with Gasteiger partial charge in [0.05, 0.1) is 18.0 Å². The lowest BCUT2D eigenvalue weighted by Crippen LogP contribution is -2.56. The van der Waals surface area contributed by atoms with Gasteiger partial charge in [-0.15, -0.1) is 0 Å². The van der Waals surface area contributed by atoms with Crippen LogP contribution in [0.5, 0.6) is 5.88 Å². The van der Waals surface area contributed by atoms with Gasteiger partial charge < -0.3 is 9.64 Å². The maximum Gasteiger partial charge on any atom is 0.254 e. The molecule has 0 aliphatic carbocycles. The lowest BCUT2D eigenvalue weighted by molar-refractivity contribution is 0.0159. The molecule has 1 aromatic heterocycles. The third kappa shape index (κ3) is 4.18. The highest BCUT2D eigenvalue weighted by molar-refractivity contribution is 7.89. The number of amides is 1. The highest BCUT2D eigenvalue weighted by atomic mass is 32.2. The number of benzene rings is 1. The zero-order valence-corrected chi connectivity index (χ0v) is 17.1. The van der Waals surface area contributed by atoms with Crippen LogP contribution in [0, 0.1) is 6.92 Å². The first kappa shape index (κ1) is 20.3. The van der Waals surface area contributed by atoms with Crippen LogP contribution in [-0.4, -0.2) is 60.8 Å². The topological polar surface area (TPSA) is 79.8 Å². The van der Waals surface area contributed by atoms with Gasteiger partial charge in [-0.3, -0.25) is 4.79 Å². The van der Waals surface area contributed by atoms with Crippen molar-refractivity contribution in [3.05, 3.63) is 53.7 Å². The minimum absolute atomic E-state index is 0.0828. The summed E-state index contributed by atoms with van der Waals surface area (Å²) < 4.78 is 32.2. The molecule has 0 saturated carbocycles. The number of carbonyl (C=O) groups excluding carboxylic acids is 1. The summed E-state index contributed by atoms with van der Waals surface area (Å²) in [5, 5.41) is 0. The molecule has 1 aliphatic heterocycles. The van der Waals surface area contributed by atoms with E-state index in [1.807, 2.05) is 19.1 Å². The lowest BCUT2D eigenvalue weighted by atomic mass is 10.1.